The third-order valence-electron chi connectivity index (χ3n) is 3.32. The highest BCUT2D eigenvalue weighted by atomic mass is 32.2. The Hall–Kier alpha value is -1.38. The molecular formula is C12H16F3N3O2S. The molecule has 21 heavy (non-hydrogen) atoms. The average Bonchev–Trinajstić information content (AvgIpc) is 2.37. The lowest BCUT2D eigenvalue weighted by molar-refractivity contribution is -0.142. The highest BCUT2D eigenvalue weighted by Crippen LogP contribution is 2.34. The summed E-state index contributed by atoms with van der Waals surface area (Å²) in [4.78, 5) is 9.07. The van der Waals surface area contributed by atoms with E-state index in [1.54, 1.807) is 13.8 Å². The number of hydrogen-bond donors (Lipinski definition) is 0. The molecule has 1 aliphatic heterocycles. The maximum Gasteiger partial charge on any atom is 0.433 e. The van der Waals surface area contributed by atoms with Crippen molar-refractivity contribution in [2.24, 2.45) is 0 Å². The lowest BCUT2D eigenvalue weighted by Crippen LogP contribution is -2.41. The Balaban J connectivity index is 2.35. The summed E-state index contributed by atoms with van der Waals surface area (Å²) in [7, 11) is -3.10. The van der Waals surface area contributed by atoms with E-state index in [4.69, 9.17) is 0 Å². The Morgan fingerprint density at radius 2 is 1.81 bits per heavy atom. The molecule has 0 bridgehead atoms. The third kappa shape index (κ3) is 3.63. The smallest absolute Gasteiger partial charge is 0.339 e. The van der Waals surface area contributed by atoms with E-state index < -0.39 is 21.7 Å². The maximum atomic E-state index is 13.1. The van der Waals surface area contributed by atoms with Gasteiger partial charge in [0.15, 0.2) is 15.5 Å². The Kier molecular flexibility index (Phi) is 4.14. The summed E-state index contributed by atoms with van der Waals surface area (Å²) in [5, 5.41) is 0. The molecule has 0 N–H and O–H groups in total. The van der Waals surface area contributed by atoms with Crippen LogP contribution in [0, 0.1) is 0 Å². The van der Waals surface area contributed by atoms with Gasteiger partial charge in [-0.25, -0.2) is 18.4 Å². The van der Waals surface area contributed by atoms with E-state index in [2.05, 4.69) is 9.97 Å². The van der Waals surface area contributed by atoms with Gasteiger partial charge in [0.25, 0.3) is 0 Å². The summed E-state index contributed by atoms with van der Waals surface area (Å²) in [5.74, 6) is -0.605. The molecule has 0 saturated carbocycles. The zero-order valence-electron chi connectivity index (χ0n) is 11.7. The Morgan fingerprint density at radius 1 is 1.24 bits per heavy atom. The lowest BCUT2D eigenvalue weighted by Gasteiger charge is -2.27. The second-order valence-corrected chi connectivity index (χ2v) is 7.57. The van der Waals surface area contributed by atoms with E-state index in [-0.39, 0.29) is 42.0 Å². The van der Waals surface area contributed by atoms with Crippen molar-refractivity contribution in [3.63, 3.8) is 0 Å². The van der Waals surface area contributed by atoms with Gasteiger partial charge in [0.05, 0.1) is 11.5 Å². The average molecular weight is 323 g/mol. The second-order valence-electron chi connectivity index (χ2n) is 5.27. The van der Waals surface area contributed by atoms with Gasteiger partial charge in [-0.15, -0.1) is 0 Å². The summed E-state index contributed by atoms with van der Waals surface area (Å²) in [6.45, 7) is 3.50. The molecule has 2 heterocycles. The van der Waals surface area contributed by atoms with Crippen LogP contribution in [0.15, 0.2) is 6.20 Å². The van der Waals surface area contributed by atoms with Crippen LogP contribution >= 0.6 is 0 Å². The molecule has 0 radical (unpaired) electrons. The molecule has 118 valence electrons. The molecule has 9 heteroatoms. The van der Waals surface area contributed by atoms with Crippen LogP contribution in [0.3, 0.4) is 0 Å². The van der Waals surface area contributed by atoms with Gasteiger partial charge in [0.1, 0.15) is 0 Å². The number of aromatic nitrogens is 2. The molecule has 2 rings (SSSR count). The highest BCUT2D eigenvalue weighted by Gasteiger charge is 2.37. The van der Waals surface area contributed by atoms with E-state index in [9.17, 15) is 21.6 Å². The molecule has 0 unspecified atom stereocenters. The van der Waals surface area contributed by atoms with Crippen molar-refractivity contribution in [3.05, 3.63) is 17.5 Å². The predicted molar refractivity (Wildman–Crippen MR) is 72.0 cm³/mol. The van der Waals surface area contributed by atoms with Crippen molar-refractivity contribution in [1.82, 2.24) is 9.97 Å². The summed E-state index contributed by atoms with van der Waals surface area (Å²) in [6, 6.07) is 0. The number of hydrogen-bond acceptors (Lipinski definition) is 5. The zero-order chi connectivity index (χ0) is 15.8. The minimum absolute atomic E-state index is 0.0379. The molecule has 0 aromatic carbocycles. The number of sulfone groups is 1. The highest BCUT2D eigenvalue weighted by molar-refractivity contribution is 7.91. The van der Waals surface area contributed by atoms with Crippen molar-refractivity contribution < 1.29 is 21.6 Å². The van der Waals surface area contributed by atoms with Gasteiger partial charge >= 0.3 is 6.18 Å². The van der Waals surface area contributed by atoms with E-state index in [0.717, 1.165) is 0 Å². The molecule has 1 saturated heterocycles. The van der Waals surface area contributed by atoms with Gasteiger partial charge in [0.2, 0.25) is 5.95 Å². The van der Waals surface area contributed by atoms with Crippen molar-refractivity contribution in [2.75, 3.05) is 29.5 Å². The molecule has 0 aliphatic carbocycles. The zero-order valence-corrected chi connectivity index (χ0v) is 12.5. The first-order valence-electron chi connectivity index (χ1n) is 6.49. The van der Waals surface area contributed by atoms with Crippen LogP contribution in [0.4, 0.5) is 19.1 Å². The van der Waals surface area contributed by atoms with Gasteiger partial charge in [0, 0.05) is 24.8 Å². The normalized spacial score (nSPS) is 19.0. The Bertz CT molecular complexity index is 615. The first-order valence-corrected chi connectivity index (χ1v) is 8.32. The van der Waals surface area contributed by atoms with Gasteiger partial charge in [-0.3, -0.25) is 0 Å². The van der Waals surface area contributed by atoms with Crippen LogP contribution < -0.4 is 4.90 Å². The van der Waals surface area contributed by atoms with Crippen LogP contribution in [0.2, 0.25) is 0 Å². The SMILES string of the molecule is CC(C)c1cnc(N2CCS(=O)(=O)CC2)nc1C(F)(F)F. The number of anilines is 1. The van der Waals surface area contributed by atoms with Crippen molar-refractivity contribution in [3.8, 4) is 0 Å². The van der Waals surface area contributed by atoms with E-state index in [0.29, 0.717) is 0 Å². The maximum absolute atomic E-state index is 13.1. The van der Waals surface area contributed by atoms with Crippen LogP contribution in [0.25, 0.3) is 0 Å². The molecule has 1 fully saturated rings. The third-order valence-corrected chi connectivity index (χ3v) is 4.93. The number of halogens is 3. The minimum atomic E-state index is -4.56. The molecule has 5 nitrogen and oxygen atoms in total. The van der Waals surface area contributed by atoms with Crippen LogP contribution in [0.1, 0.15) is 31.0 Å². The van der Waals surface area contributed by atoms with E-state index in [1.807, 2.05) is 0 Å². The fraction of sp³-hybridized carbons (Fsp3) is 0.667. The molecule has 1 aromatic rings. The number of rotatable bonds is 2. The van der Waals surface area contributed by atoms with Crippen LogP contribution in [-0.4, -0.2) is 43.0 Å². The topological polar surface area (TPSA) is 63.2 Å². The quantitative estimate of drug-likeness (QED) is 0.831. The molecule has 0 spiro atoms. The first kappa shape index (κ1) is 16.0. The fourth-order valence-corrected chi connectivity index (χ4v) is 3.30. The molecule has 1 aromatic heterocycles. The summed E-state index contributed by atoms with van der Waals surface area (Å²) >= 11 is 0. The van der Waals surface area contributed by atoms with Gasteiger partial charge in [-0.1, -0.05) is 13.8 Å². The number of nitrogens with zero attached hydrogens (tertiary/aromatic N) is 3. The Labute approximate surface area is 121 Å². The Morgan fingerprint density at radius 3 is 2.29 bits per heavy atom. The van der Waals surface area contributed by atoms with Crippen LogP contribution in [0.5, 0.6) is 0 Å². The van der Waals surface area contributed by atoms with Crippen molar-refractivity contribution >= 4 is 15.8 Å². The summed E-state index contributed by atoms with van der Waals surface area (Å²) < 4.78 is 61.9. The molecular weight excluding hydrogens is 307 g/mol. The number of alkyl halides is 3. The fourth-order valence-electron chi connectivity index (χ4n) is 2.10. The van der Waals surface area contributed by atoms with E-state index in [1.165, 1.54) is 11.1 Å². The van der Waals surface area contributed by atoms with Gasteiger partial charge in [-0.2, -0.15) is 13.2 Å². The molecule has 0 atom stereocenters. The monoisotopic (exact) mass is 323 g/mol. The second kappa shape index (κ2) is 5.43. The van der Waals surface area contributed by atoms with Gasteiger partial charge in [-0.05, 0) is 5.92 Å². The minimum Gasteiger partial charge on any atom is -0.339 e. The standard InChI is InChI=1S/C12H16F3N3O2S/c1-8(2)9-7-16-11(17-10(9)12(13,14)15)18-3-5-21(19,20)6-4-18/h7-8H,3-6H2,1-2H3. The van der Waals surface area contributed by atoms with E-state index >= 15 is 0 Å². The predicted octanol–water partition coefficient (Wildman–Crippen LogP) is 1.85. The largest absolute Gasteiger partial charge is 0.433 e. The van der Waals surface area contributed by atoms with Crippen LogP contribution in [-0.2, 0) is 16.0 Å². The molecule has 1 aliphatic rings. The first-order chi connectivity index (χ1) is 9.60. The molecule has 0 amide bonds. The van der Waals surface area contributed by atoms with Crippen molar-refractivity contribution in [2.45, 2.75) is 25.9 Å². The van der Waals surface area contributed by atoms with Gasteiger partial charge < -0.3 is 4.90 Å². The lowest BCUT2D eigenvalue weighted by atomic mass is 10.0. The summed E-state index contributed by atoms with van der Waals surface area (Å²) in [5.41, 5.74) is -0.910. The van der Waals surface area contributed by atoms with Crippen molar-refractivity contribution in [1.29, 1.82) is 0 Å². The summed E-state index contributed by atoms with van der Waals surface area (Å²) in [6.07, 6.45) is -3.38.